The van der Waals surface area contributed by atoms with E-state index >= 15 is 0 Å². The van der Waals surface area contributed by atoms with Crippen LogP contribution < -0.4 is 21.3 Å². The highest BCUT2D eigenvalue weighted by molar-refractivity contribution is 5.79. The Bertz CT molecular complexity index is 3730. The average Bonchev–Trinajstić information content (AvgIpc) is 0.741. The van der Waals surface area contributed by atoms with Crippen LogP contribution in [0.15, 0.2) is 24.3 Å². The van der Waals surface area contributed by atoms with Gasteiger partial charge in [-0.1, -0.05) is 192 Å². The van der Waals surface area contributed by atoms with Crippen molar-refractivity contribution >= 4 is 47.3 Å². The Balaban J connectivity index is 1.28. The number of hydrogen-bond acceptors (Lipinski definition) is 39. The summed E-state index contributed by atoms with van der Waals surface area (Å²) in [6, 6.07) is -7.30. The summed E-state index contributed by atoms with van der Waals surface area (Å²) < 4.78 is 72.1. The van der Waals surface area contributed by atoms with E-state index in [-0.39, 0.29) is 6.42 Å². The molecule has 46 nitrogen and oxygen atoms in total. The fourth-order valence-electron chi connectivity index (χ4n) is 19.0. The molecule has 35 atom stereocenters. The Labute approximate surface area is 828 Å². The van der Waals surface area contributed by atoms with E-state index in [1.54, 1.807) is 6.08 Å². The van der Waals surface area contributed by atoms with Crippen LogP contribution in [-0.4, -0.2) is 413 Å². The molecular formula is C96H166N4O42. The molecule has 0 spiro atoms. The second-order valence-corrected chi connectivity index (χ2v) is 38.5. The molecule has 6 fully saturated rings. The molecule has 35 unspecified atom stereocenters. The van der Waals surface area contributed by atoms with Gasteiger partial charge in [-0.2, -0.15) is 0 Å². The summed E-state index contributed by atoms with van der Waals surface area (Å²) in [5, 5.41) is 262. The molecule has 142 heavy (non-hydrogen) atoms. The highest BCUT2D eigenvalue weighted by Gasteiger charge is 2.65. The summed E-state index contributed by atoms with van der Waals surface area (Å²) in [5.74, 6) is -23.6. The fraction of sp³-hybridized carbons (Fsp3) is 0.875. The van der Waals surface area contributed by atoms with Gasteiger partial charge < -0.3 is 195 Å². The van der Waals surface area contributed by atoms with Gasteiger partial charge in [0.15, 0.2) is 18.9 Å². The standard InChI is InChI=1S/C96H166N4O42/c1-7-9-11-13-15-17-19-21-22-23-24-25-26-27-28-30-32-34-36-38-40-42-70(116)100-59(60(111)41-39-37-35-33-31-29-20-18-16-14-12-10-8-2)53-131-89-80(123)79(122)82(68(51-105)133-89)135-90-81(124)87(83(69(52-106)134-90)136-88-58(43-54(3)107)74(117)76(119)65(48-102)132-88)142-96(93(129)130)46-63(114)73(99-57(6)110)86(141-96)78(121)67(50-104)138-95(92(127)128)45-62(113)72(98-56(5)109)85(140-95)77(120)66(49-103)137-94(91(125)126)44-61(112)71(97-55(4)108)84(139-94)75(118)64(115)47-101/h21-22,39,41,58-69,71-90,101-106,111-115,117-124H,7-20,23-38,40,42-53H2,1-6H3,(H,97,108)(H,98,109)(H,99,110)(H,100,116)(H,125,126)(H,127,128)(H,129,130). The van der Waals surface area contributed by atoms with Crippen LogP contribution in [0.3, 0.4) is 0 Å². The number of rotatable bonds is 69. The Kier molecular flexibility index (Phi) is 56.2. The third kappa shape index (κ3) is 37.4. The monoisotopic (exact) mass is 2050 g/mol. The molecule has 4 amide bonds. The molecule has 0 aromatic carbocycles. The zero-order chi connectivity index (χ0) is 105. The number of unbranched alkanes of at least 4 members (excludes halogenated alkanes) is 28. The van der Waals surface area contributed by atoms with Gasteiger partial charge in [-0.25, -0.2) is 14.4 Å². The second kappa shape index (κ2) is 63.9. The molecule has 26 N–H and O–H groups in total. The van der Waals surface area contributed by atoms with Crippen molar-refractivity contribution in [3.8, 4) is 0 Å². The van der Waals surface area contributed by atoms with E-state index < -0.39 is 332 Å². The first kappa shape index (κ1) is 125. The number of nitrogens with one attached hydrogen (secondary N) is 4. The van der Waals surface area contributed by atoms with Gasteiger partial charge in [-0.3, -0.25) is 19.2 Å². The topological polar surface area (TPSA) is 741 Å². The number of allylic oxidation sites excluding steroid dienone is 3. The molecule has 6 aliphatic heterocycles. The van der Waals surface area contributed by atoms with E-state index in [1.165, 1.54) is 109 Å². The third-order valence-electron chi connectivity index (χ3n) is 26.9. The predicted octanol–water partition coefficient (Wildman–Crippen LogP) is -1.31. The summed E-state index contributed by atoms with van der Waals surface area (Å²) in [5.41, 5.74) is 0. The van der Waals surface area contributed by atoms with Gasteiger partial charge in [0, 0.05) is 58.8 Å². The number of aliphatic carboxylic acids is 3. The summed E-state index contributed by atoms with van der Waals surface area (Å²) in [7, 11) is 0. The molecule has 0 saturated carbocycles. The van der Waals surface area contributed by atoms with Crippen molar-refractivity contribution in [1.82, 2.24) is 21.3 Å². The van der Waals surface area contributed by atoms with E-state index in [0.29, 0.717) is 12.8 Å². The first-order valence-corrected chi connectivity index (χ1v) is 50.7. The van der Waals surface area contributed by atoms with Crippen molar-refractivity contribution in [2.24, 2.45) is 5.92 Å². The zero-order valence-corrected chi connectivity index (χ0v) is 82.7. The van der Waals surface area contributed by atoms with Crippen molar-refractivity contribution in [2.75, 3.05) is 46.2 Å². The van der Waals surface area contributed by atoms with Gasteiger partial charge in [0.25, 0.3) is 17.4 Å². The number of ketones is 1. The van der Waals surface area contributed by atoms with Crippen LogP contribution in [0.25, 0.3) is 0 Å². The Morgan fingerprint density at radius 1 is 0.401 bits per heavy atom. The lowest BCUT2D eigenvalue weighted by Crippen LogP contribution is -2.72. The molecular weight excluding hydrogens is 1880 g/mol. The molecule has 6 rings (SSSR count). The number of ether oxygens (including phenoxy) is 12. The summed E-state index contributed by atoms with van der Waals surface area (Å²) in [4.78, 5) is 107. The van der Waals surface area contributed by atoms with Crippen molar-refractivity contribution < 1.29 is 208 Å². The van der Waals surface area contributed by atoms with E-state index in [0.717, 1.165) is 111 Å². The molecule has 6 heterocycles. The van der Waals surface area contributed by atoms with E-state index in [9.17, 15) is 151 Å². The van der Waals surface area contributed by atoms with Gasteiger partial charge in [-0.15, -0.1) is 0 Å². The van der Waals surface area contributed by atoms with Crippen LogP contribution in [0.1, 0.15) is 273 Å². The Morgan fingerprint density at radius 2 is 0.775 bits per heavy atom. The first-order chi connectivity index (χ1) is 67.6. The minimum atomic E-state index is -3.71. The molecule has 0 bridgehead atoms. The fourth-order valence-corrected chi connectivity index (χ4v) is 19.0. The molecule has 6 saturated heterocycles. The molecule has 822 valence electrons. The second-order valence-electron chi connectivity index (χ2n) is 38.5. The number of aliphatic hydroxyl groups excluding tert-OH is 19. The van der Waals surface area contributed by atoms with Gasteiger partial charge in [0.2, 0.25) is 23.6 Å². The highest BCUT2D eigenvalue weighted by Crippen LogP contribution is 2.45. The van der Waals surface area contributed by atoms with Crippen LogP contribution in [-0.2, 0) is 95.2 Å². The normalized spacial score (nSPS) is 33.1. The number of Topliss-reactive ketones (excluding diaryl/α,β-unsaturated/α-hetero) is 1. The van der Waals surface area contributed by atoms with Gasteiger partial charge >= 0.3 is 17.9 Å². The molecule has 0 aromatic heterocycles. The van der Waals surface area contributed by atoms with E-state index in [4.69, 9.17) is 56.8 Å². The number of amides is 4. The maximum absolute atomic E-state index is 14.5. The molecule has 46 heteroatoms. The summed E-state index contributed by atoms with van der Waals surface area (Å²) >= 11 is 0. The van der Waals surface area contributed by atoms with Crippen LogP contribution in [0.4, 0.5) is 0 Å². The maximum Gasteiger partial charge on any atom is 0.364 e. The highest BCUT2D eigenvalue weighted by atomic mass is 16.8. The SMILES string of the molecule is CCCCCCCCC=CCCCCCCCCCCCCCC(=O)NC(COC1OC(CO)C(OC2OC(CO)C(OC3OC(CO)C(O)C(O)C3CC(C)=O)C(OC3(C(=O)O)CC(O)C(NC(C)=O)C(C(O)C(CO)OC4(C(=O)O)CC(O)C(NC(C)=O)C(C(O)C(CO)OC5(C(=O)O)CC(O)C(NC(C)=O)C(C(O)C(O)CO)O5)O4)O3)C2O)C(O)C1O)C(O)C=CCCCCCCCCCCCCC. The number of carboxylic acids is 3. The van der Waals surface area contributed by atoms with Crippen molar-refractivity contribution in [1.29, 1.82) is 0 Å². The lowest BCUT2D eigenvalue weighted by Gasteiger charge is -2.53. The lowest BCUT2D eigenvalue weighted by molar-refractivity contribution is -0.404. The van der Waals surface area contributed by atoms with Crippen LogP contribution >= 0.6 is 0 Å². The van der Waals surface area contributed by atoms with Crippen LogP contribution in [0.5, 0.6) is 0 Å². The molecule has 0 aromatic rings. The minimum absolute atomic E-state index is 0.0789. The van der Waals surface area contributed by atoms with Crippen molar-refractivity contribution in [2.45, 2.75) is 480 Å². The van der Waals surface area contributed by atoms with Gasteiger partial charge in [-0.05, 0) is 51.9 Å². The largest absolute Gasteiger partial charge is 0.477 e. The maximum atomic E-state index is 14.5. The smallest absolute Gasteiger partial charge is 0.364 e. The third-order valence-corrected chi connectivity index (χ3v) is 26.9. The molecule has 6 aliphatic rings. The molecule has 0 aliphatic carbocycles. The number of hydrogen-bond donors (Lipinski definition) is 26. The average molecular weight is 2050 g/mol. The summed E-state index contributed by atoms with van der Waals surface area (Å²) in [6.07, 6.45) is -24.8. The van der Waals surface area contributed by atoms with Gasteiger partial charge in [0.1, 0.15) is 122 Å². The van der Waals surface area contributed by atoms with Crippen molar-refractivity contribution in [3.63, 3.8) is 0 Å². The van der Waals surface area contributed by atoms with Crippen LogP contribution in [0, 0.1) is 5.92 Å². The minimum Gasteiger partial charge on any atom is -0.477 e. The van der Waals surface area contributed by atoms with Crippen molar-refractivity contribution in [3.05, 3.63) is 24.3 Å². The predicted molar refractivity (Wildman–Crippen MR) is 497 cm³/mol. The quantitative estimate of drug-likeness (QED) is 0.0248. The van der Waals surface area contributed by atoms with E-state index in [2.05, 4.69) is 47.3 Å². The zero-order valence-electron chi connectivity index (χ0n) is 82.7. The Morgan fingerprint density at radius 3 is 1.18 bits per heavy atom. The summed E-state index contributed by atoms with van der Waals surface area (Å²) in [6.45, 7) is -0.581. The van der Waals surface area contributed by atoms with E-state index in [1.807, 2.05) is 0 Å². The Hall–Kier alpha value is -5.80. The lowest BCUT2D eigenvalue weighted by atomic mass is 9.86. The first-order valence-electron chi connectivity index (χ1n) is 50.7. The van der Waals surface area contributed by atoms with Crippen LogP contribution in [0.2, 0.25) is 0 Å². The number of carboxylic acid groups (broad SMARTS) is 3. The number of carbonyl (C=O) groups excluding carboxylic acids is 5. The number of carbonyl (C=O) groups is 8. The number of aliphatic hydroxyl groups is 19. The molecule has 0 radical (unpaired) electrons. The van der Waals surface area contributed by atoms with Gasteiger partial charge in [0.05, 0.1) is 101 Å².